The Morgan fingerprint density at radius 2 is 1.73 bits per heavy atom. The van der Waals surface area contributed by atoms with Gasteiger partial charge in [0.2, 0.25) is 0 Å². The Hall–Kier alpha value is -3.21. The van der Waals surface area contributed by atoms with Crippen LogP contribution < -0.4 is 5.32 Å². The zero-order valence-electron chi connectivity index (χ0n) is 14.5. The predicted octanol–water partition coefficient (Wildman–Crippen LogP) is 4.20. The van der Waals surface area contributed by atoms with Gasteiger partial charge in [-0.25, -0.2) is 4.68 Å². The van der Waals surface area contributed by atoms with Gasteiger partial charge in [-0.2, -0.15) is 5.10 Å². The second-order valence-corrected chi connectivity index (χ2v) is 6.56. The molecular weight excluding hydrogens is 326 g/mol. The van der Waals surface area contributed by atoms with E-state index in [9.17, 15) is 9.59 Å². The third-order valence-electron chi connectivity index (χ3n) is 4.52. The van der Waals surface area contributed by atoms with Crippen LogP contribution in [0.1, 0.15) is 52.2 Å². The molecule has 0 spiro atoms. The first-order valence-electron chi connectivity index (χ1n) is 8.69. The van der Waals surface area contributed by atoms with Crippen molar-refractivity contribution in [3.8, 4) is 5.69 Å². The summed E-state index contributed by atoms with van der Waals surface area (Å²) in [5.74, 6) is 0.217. The van der Waals surface area contributed by atoms with Gasteiger partial charge in [-0.3, -0.25) is 9.59 Å². The first-order chi connectivity index (χ1) is 12.6. The average Bonchev–Trinajstić information content (AvgIpc) is 3.41. The summed E-state index contributed by atoms with van der Waals surface area (Å²) < 4.78 is 1.87. The highest BCUT2D eigenvalue weighted by molar-refractivity contribution is 6.03. The van der Waals surface area contributed by atoms with E-state index in [1.165, 1.54) is 6.92 Å². The number of aromatic nitrogens is 2. The summed E-state index contributed by atoms with van der Waals surface area (Å²) in [6, 6.07) is 18.6. The number of hydrogen-bond donors (Lipinski definition) is 1. The van der Waals surface area contributed by atoms with Gasteiger partial charge >= 0.3 is 0 Å². The number of rotatable bonds is 5. The van der Waals surface area contributed by atoms with E-state index in [0.29, 0.717) is 22.9 Å². The van der Waals surface area contributed by atoms with E-state index in [1.807, 2.05) is 41.1 Å². The number of amides is 1. The van der Waals surface area contributed by atoms with Crippen LogP contribution in [-0.2, 0) is 0 Å². The number of benzene rings is 2. The monoisotopic (exact) mass is 345 g/mol. The van der Waals surface area contributed by atoms with Crippen molar-refractivity contribution in [2.75, 3.05) is 5.32 Å². The highest BCUT2D eigenvalue weighted by Crippen LogP contribution is 2.41. The summed E-state index contributed by atoms with van der Waals surface area (Å²) >= 11 is 0. The van der Waals surface area contributed by atoms with Crippen LogP contribution >= 0.6 is 0 Å². The van der Waals surface area contributed by atoms with Gasteiger partial charge in [0.25, 0.3) is 5.91 Å². The molecular formula is C21H19N3O2. The highest BCUT2D eigenvalue weighted by atomic mass is 16.2. The first-order valence-corrected chi connectivity index (χ1v) is 8.69. The molecule has 5 nitrogen and oxygen atoms in total. The topological polar surface area (TPSA) is 64.0 Å². The van der Waals surface area contributed by atoms with Gasteiger partial charge in [0.05, 0.1) is 5.69 Å². The number of ketones is 1. The summed E-state index contributed by atoms with van der Waals surface area (Å²) in [7, 11) is 0. The summed E-state index contributed by atoms with van der Waals surface area (Å²) in [6.45, 7) is 1.52. The summed E-state index contributed by atoms with van der Waals surface area (Å²) in [6.07, 6.45) is 2.26. The largest absolute Gasteiger partial charge is 0.321 e. The summed E-state index contributed by atoms with van der Waals surface area (Å²) in [5, 5.41) is 7.38. The van der Waals surface area contributed by atoms with Crippen molar-refractivity contribution in [1.82, 2.24) is 9.78 Å². The smallest absolute Gasteiger partial charge is 0.276 e. The molecule has 1 saturated carbocycles. The molecule has 130 valence electrons. The minimum Gasteiger partial charge on any atom is -0.321 e. The second-order valence-electron chi connectivity index (χ2n) is 6.56. The van der Waals surface area contributed by atoms with Crippen LogP contribution in [0.2, 0.25) is 0 Å². The quantitative estimate of drug-likeness (QED) is 0.705. The third kappa shape index (κ3) is 3.28. The first kappa shape index (κ1) is 16.3. The van der Waals surface area contributed by atoms with Crippen molar-refractivity contribution in [3.63, 3.8) is 0 Å². The normalized spacial score (nSPS) is 13.4. The van der Waals surface area contributed by atoms with Crippen molar-refractivity contribution in [2.45, 2.75) is 25.7 Å². The lowest BCUT2D eigenvalue weighted by molar-refractivity contribution is 0.101. The highest BCUT2D eigenvalue weighted by Gasteiger charge is 2.29. The molecule has 0 saturated heterocycles. The van der Waals surface area contributed by atoms with Crippen LogP contribution in [0, 0.1) is 0 Å². The van der Waals surface area contributed by atoms with Gasteiger partial charge in [0, 0.05) is 22.9 Å². The maximum absolute atomic E-state index is 12.6. The van der Waals surface area contributed by atoms with Crippen LogP contribution in [0.25, 0.3) is 5.69 Å². The molecule has 1 fully saturated rings. The summed E-state index contributed by atoms with van der Waals surface area (Å²) in [4.78, 5) is 24.0. The molecule has 1 heterocycles. The Morgan fingerprint density at radius 1 is 1.04 bits per heavy atom. The van der Waals surface area contributed by atoms with Crippen LogP contribution in [0.3, 0.4) is 0 Å². The van der Waals surface area contributed by atoms with E-state index in [1.54, 1.807) is 24.3 Å². The zero-order valence-corrected chi connectivity index (χ0v) is 14.5. The number of carbonyl (C=O) groups excluding carboxylic acids is 2. The van der Waals surface area contributed by atoms with E-state index in [4.69, 9.17) is 0 Å². The molecule has 0 bridgehead atoms. The van der Waals surface area contributed by atoms with Crippen molar-refractivity contribution in [1.29, 1.82) is 0 Å². The van der Waals surface area contributed by atoms with Crippen LogP contribution in [0.5, 0.6) is 0 Å². The standard InChI is InChI=1S/C21H19N3O2/c1-14(25)15-9-11-17(12-10-15)22-21(26)19-13-20(16-7-8-16)24(23-19)18-5-3-2-4-6-18/h2-6,9-13,16H,7-8H2,1H3,(H,22,26). The molecule has 0 radical (unpaired) electrons. The fourth-order valence-corrected chi connectivity index (χ4v) is 2.94. The maximum Gasteiger partial charge on any atom is 0.276 e. The van der Waals surface area contributed by atoms with E-state index < -0.39 is 0 Å². The van der Waals surface area contributed by atoms with Gasteiger partial charge in [-0.15, -0.1) is 0 Å². The van der Waals surface area contributed by atoms with Crippen molar-refractivity contribution in [3.05, 3.63) is 77.6 Å². The van der Waals surface area contributed by atoms with Crippen molar-refractivity contribution >= 4 is 17.4 Å². The predicted molar refractivity (Wildman–Crippen MR) is 99.9 cm³/mol. The molecule has 1 aromatic heterocycles. The molecule has 26 heavy (non-hydrogen) atoms. The second kappa shape index (κ2) is 6.59. The fraction of sp³-hybridized carbons (Fsp3) is 0.190. The third-order valence-corrected chi connectivity index (χ3v) is 4.52. The molecule has 0 atom stereocenters. The van der Waals surface area contributed by atoms with E-state index in [0.717, 1.165) is 24.2 Å². The molecule has 5 heteroatoms. The number of para-hydroxylation sites is 1. The van der Waals surface area contributed by atoms with Gasteiger partial charge in [-0.05, 0) is 62.2 Å². The Labute approximate surface area is 151 Å². The Bertz CT molecular complexity index is 955. The number of carbonyl (C=O) groups is 2. The van der Waals surface area contributed by atoms with Gasteiger partial charge in [-0.1, -0.05) is 18.2 Å². The molecule has 2 aromatic carbocycles. The number of Topliss-reactive ketones (excluding diaryl/α,β-unsaturated/α-hetero) is 1. The van der Waals surface area contributed by atoms with Crippen LogP contribution in [0.15, 0.2) is 60.7 Å². The Morgan fingerprint density at radius 3 is 2.35 bits per heavy atom. The van der Waals surface area contributed by atoms with E-state index in [2.05, 4.69) is 10.4 Å². The summed E-state index contributed by atoms with van der Waals surface area (Å²) in [5.41, 5.74) is 3.69. The zero-order chi connectivity index (χ0) is 18.1. The van der Waals surface area contributed by atoms with E-state index >= 15 is 0 Å². The lowest BCUT2D eigenvalue weighted by atomic mass is 10.1. The minimum absolute atomic E-state index is 0.00134. The SMILES string of the molecule is CC(=O)c1ccc(NC(=O)c2cc(C3CC3)n(-c3ccccc3)n2)cc1. The lowest BCUT2D eigenvalue weighted by Crippen LogP contribution is -2.13. The number of anilines is 1. The average molecular weight is 345 g/mol. The number of nitrogens with zero attached hydrogens (tertiary/aromatic N) is 2. The van der Waals surface area contributed by atoms with Gasteiger partial charge in [0.15, 0.2) is 11.5 Å². The molecule has 1 aliphatic carbocycles. The maximum atomic E-state index is 12.6. The molecule has 3 aromatic rings. The Balaban J connectivity index is 1.59. The fourth-order valence-electron chi connectivity index (χ4n) is 2.94. The van der Waals surface area contributed by atoms with E-state index in [-0.39, 0.29) is 11.7 Å². The Kier molecular flexibility index (Phi) is 4.13. The molecule has 1 N–H and O–H groups in total. The van der Waals surface area contributed by atoms with Gasteiger partial charge < -0.3 is 5.32 Å². The number of nitrogens with one attached hydrogen (secondary N) is 1. The molecule has 0 unspecified atom stereocenters. The molecule has 1 aliphatic rings. The lowest BCUT2D eigenvalue weighted by Gasteiger charge is -2.06. The minimum atomic E-state index is -0.253. The molecule has 4 rings (SSSR count). The van der Waals surface area contributed by atoms with Crippen molar-refractivity contribution < 1.29 is 9.59 Å². The van der Waals surface area contributed by atoms with Crippen molar-refractivity contribution in [2.24, 2.45) is 0 Å². The molecule has 1 amide bonds. The molecule has 0 aliphatic heterocycles. The number of hydrogen-bond acceptors (Lipinski definition) is 3. The van der Waals surface area contributed by atoms with Crippen LogP contribution in [0.4, 0.5) is 5.69 Å². The van der Waals surface area contributed by atoms with Crippen LogP contribution in [-0.4, -0.2) is 21.5 Å². The van der Waals surface area contributed by atoms with Gasteiger partial charge in [0.1, 0.15) is 0 Å².